The number of hydrogen-bond donors (Lipinski definition) is 0. The number of allylic oxidation sites excluding steroid dienone is 2. The summed E-state index contributed by atoms with van der Waals surface area (Å²) in [6.45, 7) is 0.456. The number of rotatable bonds is 3. The molecular weight excluding hydrogens is 252 g/mol. The first kappa shape index (κ1) is 12.8. The Balaban J connectivity index is 1.67. The molecule has 4 nitrogen and oxygen atoms in total. The highest BCUT2D eigenvalue weighted by atomic mass is 16.5. The van der Waals surface area contributed by atoms with Crippen molar-refractivity contribution in [1.82, 2.24) is 9.97 Å². The third kappa shape index (κ3) is 2.85. The number of nitrogens with zero attached hydrogens (tertiary/aromatic N) is 2. The largest absolute Gasteiger partial charge is 0.461 e. The van der Waals surface area contributed by atoms with Crippen molar-refractivity contribution in [2.45, 2.75) is 19.3 Å². The zero-order chi connectivity index (χ0) is 13.8. The molecule has 1 aliphatic carbocycles. The second-order valence-corrected chi connectivity index (χ2v) is 4.99. The van der Waals surface area contributed by atoms with Gasteiger partial charge in [-0.3, -0.25) is 4.98 Å². The molecule has 1 heterocycles. The Labute approximate surface area is 117 Å². The first-order chi connectivity index (χ1) is 9.83. The number of fused-ring (bicyclic) bond motifs is 1. The van der Waals surface area contributed by atoms with E-state index in [9.17, 15) is 4.79 Å². The van der Waals surface area contributed by atoms with E-state index in [4.69, 9.17) is 4.74 Å². The van der Waals surface area contributed by atoms with E-state index in [0.717, 1.165) is 24.8 Å². The maximum Gasteiger partial charge on any atom is 0.358 e. The average molecular weight is 268 g/mol. The summed E-state index contributed by atoms with van der Waals surface area (Å²) in [6.07, 6.45) is 8.93. The fourth-order valence-corrected chi connectivity index (χ4v) is 2.33. The summed E-state index contributed by atoms with van der Waals surface area (Å²) in [6, 6.07) is 7.48. The van der Waals surface area contributed by atoms with Gasteiger partial charge >= 0.3 is 5.97 Å². The average Bonchev–Trinajstić information content (AvgIpc) is 2.53. The van der Waals surface area contributed by atoms with Crippen molar-refractivity contribution in [3.63, 3.8) is 0 Å². The summed E-state index contributed by atoms with van der Waals surface area (Å²) in [5.74, 6) is 0.0372. The molecule has 0 bridgehead atoms. The number of hydrogen-bond acceptors (Lipinski definition) is 4. The van der Waals surface area contributed by atoms with Crippen LogP contribution in [0.15, 0.2) is 42.6 Å². The second kappa shape index (κ2) is 5.82. The number of aromatic nitrogens is 2. The quantitative estimate of drug-likeness (QED) is 0.634. The van der Waals surface area contributed by atoms with Crippen LogP contribution in [0.4, 0.5) is 0 Å². The molecule has 1 aliphatic rings. The van der Waals surface area contributed by atoms with E-state index in [0.29, 0.717) is 18.0 Å². The molecule has 102 valence electrons. The Bertz CT molecular complexity index is 652. The van der Waals surface area contributed by atoms with E-state index in [-0.39, 0.29) is 5.69 Å². The summed E-state index contributed by atoms with van der Waals surface area (Å²) in [5.41, 5.74) is 1.76. The molecule has 0 fully saturated rings. The highest BCUT2D eigenvalue weighted by Crippen LogP contribution is 2.18. The van der Waals surface area contributed by atoms with Crippen molar-refractivity contribution in [2.24, 2.45) is 5.92 Å². The fourth-order valence-electron chi connectivity index (χ4n) is 2.33. The molecule has 1 unspecified atom stereocenters. The zero-order valence-corrected chi connectivity index (χ0v) is 11.2. The highest BCUT2D eigenvalue weighted by molar-refractivity contribution is 5.89. The molecular formula is C16H16N2O2. The van der Waals surface area contributed by atoms with Gasteiger partial charge in [0.05, 0.1) is 23.8 Å². The predicted molar refractivity (Wildman–Crippen MR) is 76.3 cm³/mol. The van der Waals surface area contributed by atoms with E-state index in [1.807, 2.05) is 24.3 Å². The standard InChI is InChI=1S/C16H16N2O2/c19-16(20-11-12-6-2-1-3-7-12)15-10-17-13-8-4-5-9-14(13)18-15/h1-2,4-5,8-10,12H,3,6-7,11H2. The van der Waals surface area contributed by atoms with Crippen LogP contribution < -0.4 is 0 Å². The Morgan fingerprint density at radius 3 is 2.90 bits per heavy atom. The molecule has 0 N–H and O–H groups in total. The Hall–Kier alpha value is -2.23. The van der Waals surface area contributed by atoms with Gasteiger partial charge in [-0.2, -0.15) is 0 Å². The maximum absolute atomic E-state index is 12.0. The van der Waals surface area contributed by atoms with Crippen molar-refractivity contribution >= 4 is 17.0 Å². The summed E-state index contributed by atoms with van der Waals surface area (Å²) < 4.78 is 5.34. The van der Waals surface area contributed by atoms with Gasteiger partial charge in [0.1, 0.15) is 0 Å². The first-order valence-corrected chi connectivity index (χ1v) is 6.87. The third-order valence-electron chi connectivity index (χ3n) is 3.49. The smallest absolute Gasteiger partial charge is 0.358 e. The fraction of sp³-hybridized carbons (Fsp3) is 0.312. The lowest BCUT2D eigenvalue weighted by molar-refractivity contribution is 0.0425. The summed E-state index contributed by atoms with van der Waals surface area (Å²) >= 11 is 0. The molecule has 4 heteroatoms. The summed E-state index contributed by atoms with van der Waals surface area (Å²) in [4.78, 5) is 20.5. The Morgan fingerprint density at radius 1 is 1.25 bits per heavy atom. The predicted octanol–water partition coefficient (Wildman–Crippen LogP) is 3.14. The monoisotopic (exact) mass is 268 g/mol. The minimum atomic E-state index is -0.391. The lowest BCUT2D eigenvalue weighted by Gasteiger charge is -2.17. The van der Waals surface area contributed by atoms with Gasteiger partial charge in [0.2, 0.25) is 0 Å². The maximum atomic E-state index is 12.0. The van der Waals surface area contributed by atoms with Gasteiger partial charge in [-0.05, 0) is 37.3 Å². The molecule has 1 atom stereocenters. The molecule has 3 rings (SSSR count). The van der Waals surface area contributed by atoms with E-state index >= 15 is 0 Å². The first-order valence-electron chi connectivity index (χ1n) is 6.87. The van der Waals surface area contributed by atoms with Crippen molar-refractivity contribution in [1.29, 1.82) is 0 Å². The number of benzene rings is 1. The Kier molecular flexibility index (Phi) is 3.72. The molecule has 0 amide bonds. The number of esters is 1. The topological polar surface area (TPSA) is 52.1 Å². The second-order valence-electron chi connectivity index (χ2n) is 4.99. The highest BCUT2D eigenvalue weighted by Gasteiger charge is 2.15. The molecule has 0 saturated carbocycles. The molecule has 0 aliphatic heterocycles. The minimum Gasteiger partial charge on any atom is -0.461 e. The SMILES string of the molecule is O=C(OCC1CC=CCC1)c1cnc2ccccc2n1. The van der Waals surface area contributed by atoms with Crippen LogP contribution in [0.1, 0.15) is 29.8 Å². The number of para-hydroxylation sites is 2. The molecule has 1 aromatic carbocycles. The van der Waals surface area contributed by atoms with Crippen LogP contribution in [0.25, 0.3) is 11.0 Å². The van der Waals surface area contributed by atoms with Gasteiger partial charge in [-0.1, -0.05) is 24.3 Å². The number of carbonyl (C=O) groups is 1. The molecule has 20 heavy (non-hydrogen) atoms. The van der Waals surface area contributed by atoms with Crippen LogP contribution in [-0.4, -0.2) is 22.5 Å². The van der Waals surface area contributed by atoms with Gasteiger partial charge in [-0.15, -0.1) is 0 Å². The van der Waals surface area contributed by atoms with Crippen LogP contribution in [-0.2, 0) is 4.74 Å². The van der Waals surface area contributed by atoms with Gasteiger partial charge in [0.25, 0.3) is 0 Å². The van der Waals surface area contributed by atoms with Crippen LogP contribution in [0.2, 0.25) is 0 Å². The van der Waals surface area contributed by atoms with E-state index < -0.39 is 5.97 Å². The van der Waals surface area contributed by atoms with Crippen LogP contribution in [0, 0.1) is 5.92 Å². The Morgan fingerprint density at radius 2 is 2.10 bits per heavy atom. The van der Waals surface area contributed by atoms with Gasteiger partial charge in [0, 0.05) is 0 Å². The lowest BCUT2D eigenvalue weighted by Crippen LogP contribution is -2.16. The van der Waals surface area contributed by atoms with Crippen LogP contribution in [0.3, 0.4) is 0 Å². The van der Waals surface area contributed by atoms with Crippen LogP contribution >= 0.6 is 0 Å². The van der Waals surface area contributed by atoms with Crippen molar-refractivity contribution in [3.8, 4) is 0 Å². The van der Waals surface area contributed by atoms with Crippen molar-refractivity contribution in [3.05, 3.63) is 48.3 Å². The van der Waals surface area contributed by atoms with Gasteiger partial charge in [0.15, 0.2) is 5.69 Å². The summed E-state index contributed by atoms with van der Waals surface area (Å²) in [7, 11) is 0. The van der Waals surface area contributed by atoms with Gasteiger partial charge < -0.3 is 4.74 Å². The molecule has 0 saturated heterocycles. The molecule has 1 aromatic heterocycles. The normalized spacial score (nSPS) is 18.1. The third-order valence-corrected chi connectivity index (χ3v) is 3.49. The minimum absolute atomic E-state index is 0.273. The van der Waals surface area contributed by atoms with Crippen molar-refractivity contribution in [2.75, 3.05) is 6.61 Å². The van der Waals surface area contributed by atoms with Gasteiger partial charge in [-0.25, -0.2) is 9.78 Å². The van der Waals surface area contributed by atoms with E-state index in [1.165, 1.54) is 6.20 Å². The molecule has 0 radical (unpaired) electrons. The molecule has 2 aromatic rings. The number of carbonyl (C=O) groups excluding carboxylic acids is 1. The van der Waals surface area contributed by atoms with Crippen LogP contribution in [0.5, 0.6) is 0 Å². The van der Waals surface area contributed by atoms with E-state index in [2.05, 4.69) is 22.1 Å². The number of ether oxygens (including phenoxy) is 1. The zero-order valence-electron chi connectivity index (χ0n) is 11.2. The lowest BCUT2D eigenvalue weighted by atomic mass is 9.95. The van der Waals surface area contributed by atoms with E-state index in [1.54, 1.807) is 0 Å². The summed E-state index contributed by atoms with van der Waals surface area (Å²) in [5, 5.41) is 0. The molecule has 0 spiro atoms. The van der Waals surface area contributed by atoms with Crippen molar-refractivity contribution < 1.29 is 9.53 Å².